The summed E-state index contributed by atoms with van der Waals surface area (Å²) in [5.41, 5.74) is 1.06. The molecule has 25 heavy (non-hydrogen) atoms. The summed E-state index contributed by atoms with van der Waals surface area (Å²) < 4.78 is 16.1. The van der Waals surface area contributed by atoms with Crippen LogP contribution in [-0.2, 0) is 11.3 Å². The van der Waals surface area contributed by atoms with Gasteiger partial charge in [0.15, 0.2) is 17.5 Å². The van der Waals surface area contributed by atoms with E-state index in [1.54, 1.807) is 14.2 Å². The third-order valence-corrected chi connectivity index (χ3v) is 3.28. The summed E-state index contributed by atoms with van der Waals surface area (Å²) in [5.74, 6) is 2.24. The molecule has 0 aliphatic carbocycles. The topological polar surface area (TPSA) is 64.1 Å². The van der Waals surface area contributed by atoms with Crippen molar-refractivity contribution in [2.45, 2.75) is 39.8 Å². The van der Waals surface area contributed by atoms with Gasteiger partial charge in [-0.25, -0.2) is 4.99 Å². The summed E-state index contributed by atoms with van der Waals surface area (Å²) in [7, 11) is 3.27. The smallest absolute Gasteiger partial charge is 0.191 e. The number of benzene rings is 1. The molecule has 0 heterocycles. The van der Waals surface area contributed by atoms with Crippen LogP contribution in [0.25, 0.3) is 0 Å². The van der Waals surface area contributed by atoms with Crippen LogP contribution in [0.1, 0.15) is 32.8 Å². The summed E-state index contributed by atoms with van der Waals surface area (Å²) >= 11 is 0. The zero-order valence-electron chi connectivity index (χ0n) is 15.9. The lowest BCUT2D eigenvalue weighted by atomic mass is 10.2. The fourth-order valence-corrected chi connectivity index (χ4v) is 2.09. The second-order valence-corrected chi connectivity index (χ2v) is 5.58. The standard InChI is InChI=1S/C18H31N3O3.HI/c1-6-19-18(20-10-7-11-24-14(2)3)21-13-15-8-9-16(22-4)17(12-15)23-5;/h8-9,12,14H,6-7,10-11,13H2,1-5H3,(H2,19,20,21);1H. The molecule has 1 rings (SSSR count). The molecule has 2 N–H and O–H groups in total. The van der Waals surface area contributed by atoms with Crippen LogP contribution in [0.2, 0.25) is 0 Å². The monoisotopic (exact) mass is 465 g/mol. The highest BCUT2D eigenvalue weighted by atomic mass is 127. The second-order valence-electron chi connectivity index (χ2n) is 5.58. The number of hydrogen-bond donors (Lipinski definition) is 2. The molecule has 0 radical (unpaired) electrons. The van der Waals surface area contributed by atoms with E-state index in [0.29, 0.717) is 12.3 Å². The Balaban J connectivity index is 0.00000576. The van der Waals surface area contributed by atoms with Gasteiger partial charge in [-0.15, -0.1) is 24.0 Å². The van der Waals surface area contributed by atoms with Crippen LogP contribution in [0, 0.1) is 0 Å². The minimum absolute atomic E-state index is 0. The maximum Gasteiger partial charge on any atom is 0.191 e. The number of halogens is 1. The Bertz CT molecular complexity index is 510. The number of guanidine groups is 1. The molecule has 0 saturated heterocycles. The predicted octanol–water partition coefficient (Wildman–Crippen LogP) is 3.19. The molecule has 0 aromatic heterocycles. The van der Waals surface area contributed by atoms with E-state index in [1.165, 1.54) is 0 Å². The lowest BCUT2D eigenvalue weighted by Crippen LogP contribution is -2.38. The summed E-state index contributed by atoms with van der Waals surface area (Å²) in [6.07, 6.45) is 1.22. The van der Waals surface area contributed by atoms with E-state index < -0.39 is 0 Å². The van der Waals surface area contributed by atoms with E-state index in [-0.39, 0.29) is 30.1 Å². The zero-order chi connectivity index (χ0) is 17.8. The van der Waals surface area contributed by atoms with Crippen LogP contribution in [0.15, 0.2) is 23.2 Å². The van der Waals surface area contributed by atoms with Crippen molar-refractivity contribution >= 4 is 29.9 Å². The summed E-state index contributed by atoms with van der Waals surface area (Å²) in [4.78, 5) is 4.60. The lowest BCUT2D eigenvalue weighted by Gasteiger charge is -2.13. The lowest BCUT2D eigenvalue weighted by molar-refractivity contribution is 0.0776. The molecule has 6 nitrogen and oxygen atoms in total. The Kier molecular flexibility index (Phi) is 13.3. The number of hydrogen-bond acceptors (Lipinski definition) is 4. The van der Waals surface area contributed by atoms with Gasteiger partial charge in [-0.2, -0.15) is 0 Å². The van der Waals surface area contributed by atoms with Gasteiger partial charge in [0.1, 0.15) is 0 Å². The first-order valence-corrected chi connectivity index (χ1v) is 8.45. The molecule has 7 heteroatoms. The van der Waals surface area contributed by atoms with Crippen LogP contribution in [-0.4, -0.2) is 46.0 Å². The van der Waals surface area contributed by atoms with Gasteiger partial charge in [0.25, 0.3) is 0 Å². The van der Waals surface area contributed by atoms with Gasteiger partial charge >= 0.3 is 0 Å². The van der Waals surface area contributed by atoms with Crippen molar-refractivity contribution in [1.82, 2.24) is 10.6 Å². The minimum Gasteiger partial charge on any atom is -0.493 e. The van der Waals surface area contributed by atoms with Gasteiger partial charge in [0.05, 0.1) is 26.9 Å². The Morgan fingerprint density at radius 2 is 1.84 bits per heavy atom. The van der Waals surface area contributed by atoms with E-state index >= 15 is 0 Å². The number of nitrogens with zero attached hydrogens (tertiary/aromatic N) is 1. The molecule has 144 valence electrons. The summed E-state index contributed by atoms with van der Waals surface area (Å²) in [6.45, 7) is 9.10. The van der Waals surface area contributed by atoms with Crippen LogP contribution in [0.4, 0.5) is 0 Å². The Morgan fingerprint density at radius 1 is 1.12 bits per heavy atom. The zero-order valence-corrected chi connectivity index (χ0v) is 18.3. The van der Waals surface area contributed by atoms with Crippen molar-refractivity contribution in [1.29, 1.82) is 0 Å². The number of nitrogens with one attached hydrogen (secondary N) is 2. The van der Waals surface area contributed by atoms with Gasteiger partial charge in [-0.3, -0.25) is 0 Å². The number of ether oxygens (including phenoxy) is 3. The quantitative estimate of drug-likeness (QED) is 0.241. The van der Waals surface area contributed by atoms with Crippen molar-refractivity contribution in [2.24, 2.45) is 4.99 Å². The van der Waals surface area contributed by atoms with Crippen LogP contribution < -0.4 is 20.1 Å². The second kappa shape index (κ2) is 14.0. The van der Waals surface area contributed by atoms with Crippen molar-refractivity contribution in [3.05, 3.63) is 23.8 Å². The Labute approximate surface area is 168 Å². The number of rotatable bonds is 10. The molecule has 0 bridgehead atoms. The first kappa shape index (κ1) is 23.8. The Morgan fingerprint density at radius 3 is 2.44 bits per heavy atom. The van der Waals surface area contributed by atoms with Crippen molar-refractivity contribution in [2.75, 3.05) is 33.9 Å². The average Bonchev–Trinajstić information content (AvgIpc) is 2.58. The van der Waals surface area contributed by atoms with Gasteiger partial charge in [0.2, 0.25) is 0 Å². The van der Waals surface area contributed by atoms with Crippen LogP contribution in [0.5, 0.6) is 11.5 Å². The van der Waals surface area contributed by atoms with E-state index in [2.05, 4.69) is 22.5 Å². The summed E-state index contributed by atoms with van der Waals surface area (Å²) in [6, 6.07) is 5.83. The van der Waals surface area contributed by atoms with Crippen molar-refractivity contribution in [3.8, 4) is 11.5 Å². The number of aliphatic imine (C=N–C) groups is 1. The minimum atomic E-state index is 0. The summed E-state index contributed by atoms with van der Waals surface area (Å²) in [5, 5.41) is 6.56. The maximum atomic E-state index is 5.53. The van der Waals surface area contributed by atoms with Gasteiger partial charge in [0, 0.05) is 19.7 Å². The SMILES string of the molecule is CCNC(=NCc1ccc(OC)c(OC)c1)NCCCOC(C)C.I. The van der Waals surface area contributed by atoms with Crippen LogP contribution >= 0.6 is 24.0 Å². The molecule has 0 spiro atoms. The highest BCUT2D eigenvalue weighted by Gasteiger charge is 2.04. The van der Waals surface area contributed by atoms with Crippen LogP contribution in [0.3, 0.4) is 0 Å². The normalized spacial score (nSPS) is 11.0. The largest absolute Gasteiger partial charge is 0.493 e. The van der Waals surface area contributed by atoms with Gasteiger partial charge < -0.3 is 24.8 Å². The third kappa shape index (κ3) is 9.74. The fourth-order valence-electron chi connectivity index (χ4n) is 2.09. The highest BCUT2D eigenvalue weighted by molar-refractivity contribution is 14.0. The first-order valence-electron chi connectivity index (χ1n) is 8.45. The molecule has 0 aliphatic heterocycles. The molecule has 1 aromatic rings. The highest BCUT2D eigenvalue weighted by Crippen LogP contribution is 2.27. The molecule has 0 unspecified atom stereocenters. The van der Waals surface area contributed by atoms with E-state index in [4.69, 9.17) is 14.2 Å². The first-order chi connectivity index (χ1) is 11.6. The third-order valence-electron chi connectivity index (χ3n) is 3.28. The van der Waals surface area contributed by atoms with Gasteiger partial charge in [-0.1, -0.05) is 6.07 Å². The number of methoxy groups -OCH3 is 2. The molecule has 1 aromatic carbocycles. The van der Waals surface area contributed by atoms with E-state index in [1.807, 2.05) is 32.0 Å². The predicted molar refractivity (Wildman–Crippen MR) is 113 cm³/mol. The molecule has 0 saturated carbocycles. The Hall–Kier alpha value is -1.22. The van der Waals surface area contributed by atoms with E-state index in [9.17, 15) is 0 Å². The van der Waals surface area contributed by atoms with Crippen molar-refractivity contribution < 1.29 is 14.2 Å². The maximum absolute atomic E-state index is 5.53. The molecule has 0 atom stereocenters. The average molecular weight is 465 g/mol. The molecular formula is C18H32IN3O3. The van der Waals surface area contributed by atoms with Crippen molar-refractivity contribution in [3.63, 3.8) is 0 Å². The van der Waals surface area contributed by atoms with E-state index in [0.717, 1.165) is 43.4 Å². The van der Waals surface area contributed by atoms with Gasteiger partial charge in [-0.05, 0) is 44.9 Å². The molecule has 0 fully saturated rings. The molecule has 0 amide bonds. The molecule has 0 aliphatic rings. The molecular weight excluding hydrogens is 433 g/mol. The fraction of sp³-hybridized carbons (Fsp3) is 0.611.